The van der Waals surface area contributed by atoms with E-state index < -0.39 is 0 Å². The Labute approximate surface area is 154 Å². The topological polar surface area (TPSA) is 73.9 Å². The molecule has 0 unspecified atom stereocenters. The molecule has 1 N–H and O–H groups in total. The zero-order chi connectivity index (χ0) is 18.5. The summed E-state index contributed by atoms with van der Waals surface area (Å²) < 4.78 is 15.6. The van der Waals surface area contributed by atoms with E-state index in [9.17, 15) is 9.59 Å². The number of carbonyl (C=O) groups excluding carboxylic acids is 2. The van der Waals surface area contributed by atoms with Crippen LogP contribution in [0.5, 0.6) is 11.5 Å². The highest BCUT2D eigenvalue weighted by Crippen LogP contribution is 2.49. The van der Waals surface area contributed by atoms with Crippen molar-refractivity contribution in [3.8, 4) is 11.5 Å². The molecular weight excluding hydrogens is 334 g/mol. The molecule has 0 radical (unpaired) electrons. The van der Waals surface area contributed by atoms with Gasteiger partial charge in [0.05, 0.1) is 14.2 Å². The molecule has 6 nitrogen and oxygen atoms in total. The lowest BCUT2D eigenvalue weighted by Crippen LogP contribution is -2.29. The largest absolute Gasteiger partial charge is 0.493 e. The maximum Gasteiger partial charge on any atom is 0.306 e. The van der Waals surface area contributed by atoms with Crippen LogP contribution in [0.4, 0.5) is 0 Å². The molecule has 2 saturated carbocycles. The number of ether oxygens (including phenoxy) is 3. The lowest BCUT2D eigenvalue weighted by Gasteiger charge is -2.20. The van der Waals surface area contributed by atoms with Crippen molar-refractivity contribution in [1.29, 1.82) is 0 Å². The quantitative estimate of drug-likeness (QED) is 0.721. The van der Waals surface area contributed by atoms with Gasteiger partial charge in [-0.1, -0.05) is 12.5 Å². The Bertz CT molecular complexity index is 660. The predicted octanol–water partition coefficient (Wildman–Crippen LogP) is 2.69. The van der Waals surface area contributed by atoms with Gasteiger partial charge in [0, 0.05) is 13.0 Å². The van der Waals surface area contributed by atoms with Crippen LogP contribution in [-0.4, -0.2) is 32.7 Å². The first-order chi connectivity index (χ1) is 12.6. The molecule has 3 atom stereocenters. The molecule has 0 heterocycles. The van der Waals surface area contributed by atoms with Crippen molar-refractivity contribution in [3.05, 3.63) is 23.8 Å². The number of amides is 1. The number of hydrogen-bond donors (Lipinski definition) is 1. The predicted molar refractivity (Wildman–Crippen MR) is 95.9 cm³/mol. The highest BCUT2D eigenvalue weighted by molar-refractivity contribution is 5.80. The molecule has 142 valence electrons. The standard InChI is InChI=1S/C20H27NO5/c1-24-17-6-4-14(9-18(17)25-2)11-21-19(22)12-26-20(23)10-16-8-13-3-5-15(16)7-13/h4,6,9,13,15-16H,3,5,7-8,10-12H2,1-2H3,(H,21,22)/t13-,15+,16+/m0/s1. The number of fused-ring (bicyclic) bond motifs is 2. The third-order valence-corrected chi connectivity index (χ3v) is 5.62. The number of hydrogen-bond acceptors (Lipinski definition) is 5. The summed E-state index contributed by atoms with van der Waals surface area (Å²) in [6, 6.07) is 5.44. The summed E-state index contributed by atoms with van der Waals surface area (Å²) in [5.74, 6) is 2.63. The van der Waals surface area contributed by atoms with Crippen LogP contribution in [0.25, 0.3) is 0 Å². The van der Waals surface area contributed by atoms with Crippen LogP contribution in [0, 0.1) is 17.8 Å². The van der Waals surface area contributed by atoms with E-state index in [-0.39, 0.29) is 18.5 Å². The van der Waals surface area contributed by atoms with Gasteiger partial charge >= 0.3 is 5.97 Å². The van der Waals surface area contributed by atoms with Gasteiger partial charge < -0.3 is 19.5 Å². The Morgan fingerprint density at radius 2 is 1.92 bits per heavy atom. The zero-order valence-electron chi connectivity index (χ0n) is 15.5. The van der Waals surface area contributed by atoms with Gasteiger partial charge in [0.2, 0.25) is 0 Å². The van der Waals surface area contributed by atoms with Gasteiger partial charge in [-0.25, -0.2) is 0 Å². The summed E-state index contributed by atoms with van der Waals surface area (Å²) >= 11 is 0. The molecule has 0 spiro atoms. The molecule has 2 fully saturated rings. The van der Waals surface area contributed by atoms with Gasteiger partial charge in [-0.05, 0) is 54.7 Å². The number of esters is 1. The molecule has 2 aliphatic carbocycles. The number of methoxy groups -OCH3 is 2. The molecule has 0 saturated heterocycles. The lowest BCUT2D eigenvalue weighted by molar-refractivity contribution is -0.149. The summed E-state index contributed by atoms with van der Waals surface area (Å²) in [5, 5.41) is 2.75. The summed E-state index contributed by atoms with van der Waals surface area (Å²) in [6.07, 6.45) is 5.42. The second kappa shape index (κ2) is 8.43. The Morgan fingerprint density at radius 3 is 2.58 bits per heavy atom. The van der Waals surface area contributed by atoms with Crippen molar-refractivity contribution in [2.24, 2.45) is 17.8 Å². The minimum absolute atomic E-state index is 0.229. The SMILES string of the molecule is COc1ccc(CNC(=O)COC(=O)C[C@H]2C[C@H]3CC[C@@H]2C3)cc1OC. The molecule has 0 aromatic heterocycles. The Balaban J connectivity index is 1.38. The highest BCUT2D eigenvalue weighted by atomic mass is 16.5. The van der Waals surface area contributed by atoms with Crippen molar-refractivity contribution in [2.75, 3.05) is 20.8 Å². The molecule has 1 aromatic carbocycles. The molecule has 6 heteroatoms. The van der Waals surface area contributed by atoms with Crippen LogP contribution in [-0.2, 0) is 20.9 Å². The van der Waals surface area contributed by atoms with E-state index in [0.29, 0.717) is 36.3 Å². The average Bonchev–Trinajstić information content (AvgIpc) is 3.27. The first kappa shape index (κ1) is 18.5. The van der Waals surface area contributed by atoms with Gasteiger partial charge in [-0.3, -0.25) is 9.59 Å². The van der Waals surface area contributed by atoms with Gasteiger partial charge in [-0.15, -0.1) is 0 Å². The van der Waals surface area contributed by atoms with Crippen LogP contribution in [0.2, 0.25) is 0 Å². The molecule has 3 rings (SSSR count). The highest BCUT2D eigenvalue weighted by Gasteiger charge is 2.40. The van der Waals surface area contributed by atoms with Crippen molar-refractivity contribution in [2.45, 2.75) is 38.6 Å². The summed E-state index contributed by atoms with van der Waals surface area (Å²) in [7, 11) is 3.14. The molecule has 26 heavy (non-hydrogen) atoms. The molecule has 2 aliphatic rings. The zero-order valence-corrected chi connectivity index (χ0v) is 15.5. The molecular formula is C20H27NO5. The third kappa shape index (κ3) is 4.48. The minimum Gasteiger partial charge on any atom is -0.493 e. The third-order valence-electron chi connectivity index (χ3n) is 5.62. The van der Waals surface area contributed by atoms with E-state index in [1.165, 1.54) is 19.3 Å². The Hall–Kier alpha value is -2.24. The van der Waals surface area contributed by atoms with Crippen LogP contribution in [0.3, 0.4) is 0 Å². The van der Waals surface area contributed by atoms with Crippen molar-refractivity contribution >= 4 is 11.9 Å². The molecule has 1 aromatic rings. The fourth-order valence-corrected chi connectivity index (χ4v) is 4.29. The fraction of sp³-hybridized carbons (Fsp3) is 0.600. The Kier molecular flexibility index (Phi) is 6.01. The van der Waals surface area contributed by atoms with Gasteiger partial charge in [0.15, 0.2) is 18.1 Å². The van der Waals surface area contributed by atoms with E-state index in [0.717, 1.165) is 17.9 Å². The van der Waals surface area contributed by atoms with E-state index >= 15 is 0 Å². The van der Waals surface area contributed by atoms with Crippen molar-refractivity contribution < 1.29 is 23.8 Å². The normalized spacial score (nSPS) is 23.5. The summed E-state index contributed by atoms with van der Waals surface area (Å²) in [4.78, 5) is 23.9. The van der Waals surface area contributed by atoms with E-state index in [4.69, 9.17) is 14.2 Å². The van der Waals surface area contributed by atoms with E-state index in [2.05, 4.69) is 5.32 Å². The summed E-state index contributed by atoms with van der Waals surface area (Å²) in [6.45, 7) is 0.107. The van der Waals surface area contributed by atoms with Gasteiger partial charge in [0.25, 0.3) is 5.91 Å². The fourth-order valence-electron chi connectivity index (χ4n) is 4.29. The first-order valence-electron chi connectivity index (χ1n) is 9.22. The maximum absolute atomic E-state index is 12.0. The van der Waals surface area contributed by atoms with Crippen LogP contribution >= 0.6 is 0 Å². The first-order valence-corrected chi connectivity index (χ1v) is 9.22. The number of nitrogens with one attached hydrogen (secondary N) is 1. The smallest absolute Gasteiger partial charge is 0.306 e. The molecule has 1 amide bonds. The van der Waals surface area contributed by atoms with Crippen molar-refractivity contribution in [3.63, 3.8) is 0 Å². The van der Waals surface area contributed by atoms with E-state index in [1.54, 1.807) is 26.4 Å². The van der Waals surface area contributed by atoms with E-state index in [1.807, 2.05) is 6.07 Å². The monoisotopic (exact) mass is 361 g/mol. The molecule has 2 bridgehead atoms. The maximum atomic E-state index is 12.0. The summed E-state index contributed by atoms with van der Waals surface area (Å²) in [5.41, 5.74) is 0.879. The second-order valence-electron chi connectivity index (χ2n) is 7.27. The average molecular weight is 361 g/mol. The van der Waals surface area contributed by atoms with Crippen LogP contribution in [0.15, 0.2) is 18.2 Å². The number of benzene rings is 1. The second-order valence-corrected chi connectivity index (χ2v) is 7.27. The minimum atomic E-state index is -0.305. The van der Waals surface area contributed by atoms with Crippen molar-refractivity contribution in [1.82, 2.24) is 5.32 Å². The molecule has 0 aliphatic heterocycles. The Morgan fingerprint density at radius 1 is 1.12 bits per heavy atom. The number of carbonyl (C=O) groups is 2. The van der Waals surface area contributed by atoms with Gasteiger partial charge in [-0.2, -0.15) is 0 Å². The number of rotatable bonds is 8. The van der Waals surface area contributed by atoms with Crippen LogP contribution < -0.4 is 14.8 Å². The lowest BCUT2D eigenvalue weighted by atomic mass is 9.86. The van der Waals surface area contributed by atoms with Gasteiger partial charge in [0.1, 0.15) is 0 Å². The van der Waals surface area contributed by atoms with Crippen LogP contribution in [0.1, 0.15) is 37.7 Å².